The largest absolute Gasteiger partial charge is 0.494 e. The molecule has 0 bridgehead atoms. The third-order valence-electron chi connectivity index (χ3n) is 2.90. The second kappa shape index (κ2) is 7.88. The standard InChI is InChI=1S/C16H25NO4/c1-5-10-20-13-6-8-14(9-7-13)21-11-16(4,15(18)19)17-12(2)3/h6-9,12,17H,5,10-11H2,1-4H3,(H,18,19). The Hall–Kier alpha value is -1.75. The van der Waals surface area contributed by atoms with E-state index in [2.05, 4.69) is 5.32 Å². The minimum Gasteiger partial charge on any atom is -0.494 e. The Balaban J connectivity index is 2.61. The van der Waals surface area contributed by atoms with E-state index < -0.39 is 11.5 Å². The molecule has 0 aromatic heterocycles. The summed E-state index contributed by atoms with van der Waals surface area (Å²) in [6, 6.07) is 7.25. The van der Waals surface area contributed by atoms with E-state index in [1.807, 2.05) is 32.9 Å². The van der Waals surface area contributed by atoms with Crippen molar-refractivity contribution in [3.63, 3.8) is 0 Å². The van der Waals surface area contributed by atoms with Gasteiger partial charge >= 0.3 is 5.97 Å². The summed E-state index contributed by atoms with van der Waals surface area (Å²) in [6.45, 7) is 8.20. The summed E-state index contributed by atoms with van der Waals surface area (Å²) < 4.78 is 11.1. The lowest BCUT2D eigenvalue weighted by atomic mass is 10.0. The normalized spacial score (nSPS) is 13.8. The van der Waals surface area contributed by atoms with Crippen molar-refractivity contribution in [3.8, 4) is 11.5 Å². The second-order valence-corrected chi connectivity index (χ2v) is 5.54. The fourth-order valence-electron chi connectivity index (χ4n) is 1.88. The number of aliphatic carboxylic acids is 1. The quantitative estimate of drug-likeness (QED) is 0.733. The van der Waals surface area contributed by atoms with Crippen LogP contribution in [0.4, 0.5) is 0 Å². The number of carbonyl (C=O) groups is 1. The zero-order valence-corrected chi connectivity index (χ0v) is 13.2. The molecule has 0 aliphatic heterocycles. The SMILES string of the molecule is CCCOc1ccc(OCC(C)(NC(C)C)C(=O)O)cc1. The van der Waals surface area contributed by atoms with Gasteiger partial charge in [-0.25, -0.2) is 0 Å². The highest BCUT2D eigenvalue weighted by Crippen LogP contribution is 2.19. The number of carboxylic acid groups (broad SMARTS) is 1. The van der Waals surface area contributed by atoms with E-state index in [4.69, 9.17) is 9.47 Å². The van der Waals surface area contributed by atoms with Crippen molar-refractivity contribution in [2.75, 3.05) is 13.2 Å². The summed E-state index contributed by atoms with van der Waals surface area (Å²) >= 11 is 0. The van der Waals surface area contributed by atoms with Gasteiger partial charge < -0.3 is 14.6 Å². The molecule has 0 spiro atoms. The van der Waals surface area contributed by atoms with E-state index in [0.29, 0.717) is 12.4 Å². The van der Waals surface area contributed by atoms with Gasteiger partial charge in [-0.15, -0.1) is 0 Å². The highest BCUT2D eigenvalue weighted by molar-refractivity contribution is 5.78. The smallest absolute Gasteiger partial charge is 0.327 e. The van der Waals surface area contributed by atoms with Crippen LogP contribution in [0.3, 0.4) is 0 Å². The fraction of sp³-hybridized carbons (Fsp3) is 0.562. The van der Waals surface area contributed by atoms with Gasteiger partial charge in [0.15, 0.2) is 0 Å². The summed E-state index contributed by atoms with van der Waals surface area (Å²) in [4.78, 5) is 11.4. The first kappa shape index (κ1) is 17.3. The van der Waals surface area contributed by atoms with Crippen molar-refractivity contribution >= 4 is 5.97 Å². The predicted molar refractivity (Wildman–Crippen MR) is 82.0 cm³/mol. The molecule has 1 rings (SSSR count). The number of nitrogens with one attached hydrogen (secondary N) is 1. The molecule has 0 fully saturated rings. The van der Waals surface area contributed by atoms with Gasteiger partial charge in [0.2, 0.25) is 0 Å². The van der Waals surface area contributed by atoms with Crippen LogP contribution in [0.1, 0.15) is 34.1 Å². The van der Waals surface area contributed by atoms with Crippen LogP contribution in [-0.2, 0) is 4.79 Å². The summed E-state index contributed by atoms with van der Waals surface area (Å²) in [5.74, 6) is 0.474. The topological polar surface area (TPSA) is 67.8 Å². The number of carboxylic acids is 1. The van der Waals surface area contributed by atoms with E-state index in [1.54, 1.807) is 19.1 Å². The molecule has 0 radical (unpaired) electrons. The lowest BCUT2D eigenvalue weighted by Crippen LogP contribution is -2.56. The summed E-state index contributed by atoms with van der Waals surface area (Å²) in [6.07, 6.45) is 0.954. The molecule has 0 amide bonds. The molecule has 0 aliphatic carbocycles. The Bertz CT molecular complexity index is 444. The van der Waals surface area contributed by atoms with Gasteiger partial charge in [-0.1, -0.05) is 6.92 Å². The van der Waals surface area contributed by atoms with E-state index in [9.17, 15) is 9.90 Å². The lowest BCUT2D eigenvalue weighted by Gasteiger charge is -2.28. The van der Waals surface area contributed by atoms with Crippen molar-refractivity contribution < 1.29 is 19.4 Å². The summed E-state index contributed by atoms with van der Waals surface area (Å²) in [7, 11) is 0. The molecule has 0 saturated carbocycles. The Labute approximate surface area is 126 Å². The van der Waals surface area contributed by atoms with E-state index in [1.165, 1.54) is 0 Å². The van der Waals surface area contributed by atoms with Gasteiger partial charge in [0.1, 0.15) is 23.6 Å². The Kier molecular flexibility index (Phi) is 6.49. The van der Waals surface area contributed by atoms with E-state index >= 15 is 0 Å². The van der Waals surface area contributed by atoms with Crippen LogP contribution in [0.5, 0.6) is 11.5 Å². The monoisotopic (exact) mass is 295 g/mol. The van der Waals surface area contributed by atoms with Crippen molar-refractivity contribution in [1.82, 2.24) is 5.32 Å². The average molecular weight is 295 g/mol. The maximum Gasteiger partial charge on any atom is 0.327 e. The van der Waals surface area contributed by atoms with Crippen LogP contribution in [0, 0.1) is 0 Å². The molecule has 118 valence electrons. The van der Waals surface area contributed by atoms with Crippen LogP contribution in [0.15, 0.2) is 24.3 Å². The minimum atomic E-state index is -1.12. The summed E-state index contributed by atoms with van der Waals surface area (Å²) in [5, 5.41) is 12.4. The lowest BCUT2D eigenvalue weighted by molar-refractivity contribution is -0.145. The first-order chi connectivity index (χ1) is 9.87. The number of benzene rings is 1. The van der Waals surface area contributed by atoms with Gasteiger partial charge in [0.05, 0.1) is 6.61 Å². The third kappa shape index (κ3) is 5.63. The first-order valence-corrected chi connectivity index (χ1v) is 7.24. The molecule has 1 unspecified atom stereocenters. The van der Waals surface area contributed by atoms with Crippen molar-refractivity contribution in [2.45, 2.75) is 45.7 Å². The Morgan fingerprint density at radius 3 is 2.19 bits per heavy atom. The average Bonchev–Trinajstić information content (AvgIpc) is 2.43. The van der Waals surface area contributed by atoms with E-state index in [-0.39, 0.29) is 12.6 Å². The molecule has 5 nitrogen and oxygen atoms in total. The fourth-order valence-corrected chi connectivity index (χ4v) is 1.88. The van der Waals surface area contributed by atoms with Gasteiger partial charge in [0.25, 0.3) is 0 Å². The third-order valence-corrected chi connectivity index (χ3v) is 2.90. The number of hydrogen-bond donors (Lipinski definition) is 2. The Morgan fingerprint density at radius 1 is 1.24 bits per heavy atom. The first-order valence-electron chi connectivity index (χ1n) is 7.24. The van der Waals surface area contributed by atoms with Crippen LogP contribution in [0.25, 0.3) is 0 Å². The molecule has 0 aliphatic rings. The van der Waals surface area contributed by atoms with Crippen LogP contribution >= 0.6 is 0 Å². The molecule has 2 N–H and O–H groups in total. The molecular weight excluding hydrogens is 270 g/mol. The zero-order chi connectivity index (χ0) is 15.9. The summed E-state index contributed by atoms with van der Waals surface area (Å²) in [5.41, 5.74) is -1.12. The van der Waals surface area contributed by atoms with Gasteiger partial charge in [-0.2, -0.15) is 0 Å². The molecule has 1 aromatic carbocycles. The number of hydrogen-bond acceptors (Lipinski definition) is 4. The van der Waals surface area contributed by atoms with Crippen LogP contribution in [0.2, 0.25) is 0 Å². The molecule has 0 heterocycles. The van der Waals surface area contributed by atoms with Crippen molar-refractivity contribution in [2.24, 2.45) is 0 Å². The van der Waals surface area contributed by atoms with Crippen LogP contribution < -0.4 is 14.8 Å². The number of ether oxygens (including phenoxy) is 2. The molecule has 0 saturated heterocycles. The maximum atomic E-state index is 11.4. The molecule has 1 aromatic rings. The molecule has 1 atom stereocenters. The van der Waals surface area contributed by atoms with Gasteiger partial charge in [-0.05, 0) is 51.5 Å². The highest BCUT2D eigenvalue weighted by Gasteiger charge is 2.34. The van der Waals surface area contributed by atoms with Crippen molar-refractivity contribution in [3.05, 3.63) is 24.3 Å². The number of rotatable bonds is 9. The predicted octanol–water partition coefficient (Wildman–Crippen LogP) is 2.70. The second-order valence-electron chi connectivity index (χ2n) is 5.54. The zero-order valence-electron chi connectivity index (χ0n) is 13.2. The molecule has 5 heteroatoms. The maximum absolute atomic E-state index is 11.4. The van der Waals surface area contributed by atoms with Crippen molar-refractivity contribution in [1.29, 1.82) is 0 Å². The van der Waals surface area contributed by atoms with Gasteiger partial charge in [0, 0.05) is 6.04 Å². The molecule has 21 heavy (non-hydrogen) atoms. The van der Waals surface area contributed by atoms with Crippen LogP contribution in [-0.4, -0.2) is 35.9 Å². The molecular formula is C16H25NO4. The van der Waals surface area contributed by atoms with E-state index in [0.717, 1.165) is 12.2 Å². The Morgan fingerprint density at radius 2 is 1.76 bits per heavy atom. The minimum absolute atomic E-state index is 0.0513. The highest BCUT2D eigenvalue weighted by atomic mass is 16.5. The van der Waals surface area contributed by atoms with Gasteiger partial charge in [-0.3, -0.25) is 10.1 Å².